The van der Waals surface area contributed by atoms with Crippen LogP contribution in [0.25, 0.3) is 10.6 Å². The Labute approximate surface area is 137 Å². The Morgan fingerprint density at radius 2 is 1.91 bits per heavy atom. The van der Waals surface area contributed by atoms with Crippen LogP contribution in [0.4, 0.5) is 0 Å². The van der Waals surface area contributed by atoms with E-state index in [1.54, 1.807) is 11.3 Å². The fourth-order valence-electron chi connectivity index (χ4n) is 1.99. The first-order chi connectivity index (χ1) is 10.6. The number of thiophene rings is 1. The van der Waals surface area contributed by atoms with Crippen LogP contribution in [0, 0.1) is 13.8 Å². The fraction of sp³-hybridized carbons (Fsp3) is 0.176. The number of hydrogen-bond acceptors (Lipinski definition) is 5. The number of carbonyl (C=O) groups is 1. The fourth-order valence-corrected chi connectivity index (χ4v) is 3.62. The lowest BCUT2D eigenvalue weighted by Gasteiger charge is -2.01. The van der Waals surface area contributed by atoms with Crippen molar-refractivity contribution in [2.24, 2.45) is 0 Å². The molecule has 0 saturated heterocycles. The molecule has 0 amide bonds. The van der Waals surface area contributed by atoms with Crippen molar-refractivity contribution >= 4 is 28.6 Å². The van der Waals surface area contributed by atoms with E-state index in [9.17, 15) is 4.79 Å². The summed E-state index contributed by atoms with van der Waals surface area (Å²) in [5, 5.41) is 4.77. The van der Waals surface area contributed by atoms with Gasteiger partial charge in [0.05, 0.1) is 5.69 Å². The van der Waals surface area contributed by atoms with Crippen molar-refractivity contribution in [3.8, 4) is 10.6 Å². The molecule has 0 bridgehead atoms. The molecule has 0 atom stereocenters. The maximum Gasteiger partial charge on any atom is 0.348 e. The molecule has 0 aliphatic heterocycles. The number of thiazole rings is 1. The van der Waals surface area contributed by atoms with E-state index in [-0.39, 0.29) is 12.6 Å². The number of ether oxygens (including phenoxy) is 1. The zero-order chi connectivity index (χ0) is 15.5. The second-order valence-electron chi connectivity index (χ2n) is 5.02. The molecule has 3 nitrogen and oxygen atoms in total. The summed E-state index contributed by atoms with van der Waals surface area (Å²) in [5.41, 5.74) is 4.04. The molecule has 0 spiro atoms. The Bertz CT molecular complexity index is 787. The first kappa shape index (κ1) is 14.9. The summed E-state index contributed by atoms with van der Waals surface area (Å²) in [5.74, 6) is -0.280. The van der Waals surface area contributed by atoms with Gasteiger partial charge in [-0.2, -0.15) is 0 Å². The molecule has 0 aliphatic carbocycles. The summed E-state index contributed by atoms with van der Waals surface area (Å²) in [6.07, 6.45) is 0. The average Bonchev–Trinajstić information content (AvgIpc) is 3.14. The van der Waals surface area contributed by atoms with Crippen molar-refractivity contribution < 1.29 is 9.53 Å². The molecule has 0 N–H and O–H groups in total. The highest BCUT2D eigenvalue weighted by Gasteiger charge is 2.13. The van der Waals surface area contributed by atoms with Gasteiger partial charge in [-0.3, -0.25) is 0 Å². The lowest BCUT2D eigenvalue weighted by Crippen LogP contribution is -2.04. The Balaban J connectivity index is 1.66. The highest BCUT2D eigenvalue weighted by Crippen LogP contribution is 2.24. The van der Waals surface area contributed by atoms with Gasteiger partial charge in [0.25, 0.3) is 0 Å². The SMILES string of the molecule is Cc1ccc(-c2nc(COC(=O)c3sccc3C)cs2)cc1. The van der Waals surface area contributed by atoms with E-state index < -0.39 is 0 Å². The number of esters is 1. The lowest BCUT2D eigenvalue weighted by atomic mass is 10.2. The molecular formula is C17H15NO2S2. The van der Waals surface area contributed by atoms with Crippen molar-refractivity contribution in [2.75, 3.05) is 0 Å². The summed E-state index contributed by atoms with van der Waals surface area (Å²) in [6, 6.07) is 10.2. The molecule has 0 radical (unpaired) electrons. The molecule has 0 fully saturated rings. The van der Waals surface area contributed by atoms with E-state index in [1.165, 1.54) is 16.9 Å². The van der Waals surface area contributed by atoms with Crippen LogP contribution in [-0.4, -0.2) is 11.0 Å². The molecule has 0 saturated carbocycles. The molecule has 1 aromatic carbocycles. The monoisotopic (exact) mass is 329 g/mol. The molecule has 112 valence electrons. The molecule has 2 heterocycles. The van der Waals surface area contributed by atoms with Crippen LogP contribution in [0.5, 0.6) is 0 Å². The van der Waals surface area contributed by atoms with Gasteiger partial charge in [-0.1, -0.05) is 29.8 Å². The van der Waals surface area contributed by atoms with Crippen LogP contribution in [0.2, 0.25) is 0 Å². The van der Waals surface area contributed by atoms with E-state index in [1.807, 2.05) is 23.8 Å². The van der Waals surface area contributed by atoms with Gasteiger partial charge in [0.2, 0.25) is 0 Å². The second-order valence-corrected chi connectivity index (χ2v) is 6.79. The predicted octanol–water partition coefficient (Wildman–Crippen LogP) is 4.85. The van der Waals surface area contributed by atoms with E-state index in [4.69, 9.17) is 4.74 Å². The summed E-state index contributed by atoms with van der Waals surface area (Å²) in [4.78, 5) is 17.2. The molecule has 22 heavy (non-hydrogen) atoms. The molecular weight excluding hydrogens is 314 g/mol. The van der Waals surface area contributed by atoms with Gasteiger partial charge in [-0.05, 0) is 30.9 Å². The molecule has 5 heteroatoms. The number of nitrogens with zero attached hydrogens (tertiary/aromatic N) is 1. The lowest BCUT2D eigenvalue weighted by molar-refractivity contribution is 0.0473. The average molecular weight is 329 g/mol. The number of aromatic nitrogens is 1. The number of rotatable bonds is 4. The van der Waals surface area contributed by atoms with Gasteiger partial charge < -0.3 is 4.74 Å². The van der Waals surface area contributed by atoms with Crippen molar-refractivity contribution in [3.05, 3.63) is 62.8 Å². The van der Waals surface area contributed by atoms with Crippen molar-refractivity contribution in [1.82, 2.24) is 4.98 Å². The molecule has 2 aromatic heterocycles. The normalized spacial score (nSPS) is 10.6. The number of carbonyl (C=O) groups excluding carboxylic acids is 1. The molecule has 0 aliphatic rings. The van der Waals surface area contributed by atoms with Crippen LogP contribution in [0.1, 0.15) is 26.5 Å². The topological polar surface area (TPSA) is 39.2 Å². The van der Waals surface area contributed by atoms with Crippen molar-refractivity contribution in [1.29, 1.82) is 0 Å². The van der Waals surface area contributed by atoms with E-state index in [2.05, 4.69) is 36.2 Å². The first-order valence-corrected chi connectivity index (χ1v) is 8.62. The molecule has 0 unspecified atom stereocenters. The van der Waals surface area contributed by atoms with Gasteiger partial charge in [0.1, 0.15) is 16.5 Å². The third-order valence-corrected chi connectivity index (χ3v) is 5.19. The highest BCUT2D eigenvalue weighted by atomic mass is 32.1. The van der Waals surface area contributed by atoms with Crippen LogP contribution in [0.15, 0.2) is 41.1 Å². The predicted molar refractivity (Wildman–Crippen MR) is 90.5 cm³/mol. The quantitative estimate of drug-likeness (QED) is 0.643. The molecule has 3 aromatic rings. The second kappa shape index (κ2) is 6.42. The largest absolute Gasteiger partial charge is 0.455 e. The van der Waals surface area contributed by atoms with Gasteiger partial charge in [0.15, 0.2) is 0 Å². The Morgan fingerprint density at radius 1 is 1.14 bits per heavy atom. The summed E-state index contributed by atoms with van der Waals surface area (Å²) < 4.78 is 5.34. The third kappa shape index (κ3) is 3.26. The van der Waals surface area contributed by atoms with Gasteiger partial charge in [0, 0.05) is 10.9 Å². The maximum absolute atomic E-state index is 12.0. The van der Waals surface area contributed by atoms with E-state index in [0.29, 0.717) is 4.88 Å². The Kier molecular flexibility index (Phi) is 4.36. The van der Waals surface area contributed by atoms with Crippen LogP contribution >= 0.6 is 22.7 Å². The first-order valence-electron chi connectivity index (χ1n) is 6.86. The summed E-state index contributed by atoms with van der Waals surface area (Å²) in [7, 11) is 0. The molecule has 3 rings (SSSR count). The van der Waals surface area contributed by atoms with Crippen molar-refractivity contribution in [2.45, 2.75) is 20.5 Å². The third-order valence-electron chi connectivity index (χ3n) is 3.25. The van der Waals surface area contributed by atoms with Gasteiger partial charge >= 0.3 is 5.97 Å². The van der Waals surface area contributed by atoms with E-state index >= 15 is 0 Å². The van der Waals surface area contributed by atoms with Crippen LogP contribution < -0.4 is 0 Å². The van der Waals surface area contributed by atoms with Crippen LogP contribution in [0.3, 0.4) is 0 Å². The number of benzene rings is 1. The highest BCUT2D eigenvalue weighted by molar-refractivity contribution is 7.13. The Hall–Kier alpha value is -1.98. The number of aryl methyl sites for hydroxylation is 2. The van der Waals surface area contributed by atoms with Gasteiger partial charge in [-0.25, -0.2) is 9.78 Å². The van der Waals surface area contributed by atoms with Crippen LogP contribution in [-0.2, 0) is 11.3 Å². The zero-order valence-corrected chi connectivity index (χ0v) is 14.0. The van der Waals surface area contributed by atoms with E-state index in [0.717, 1.165) is 21.8 Å². The summed E-state index contributed by atoms with van der Waals surface area (Å²) >= 11 is 2.96. The summed E-state index contributed by atoms with van der Waals surface area (Å²) in [6.45, 7) is 4.17. The van der Waals surface area contributed by atoms with Gasteiger partial charge in [-0.15, -0.1) is 22.7 Å². The minimum Gasteiger partial charge on any atom is -0.455 e. The smallest absolute Gasteiger partial charge is 0.348 e. The minimum absolute atomic E-state index is 0.207. The Morgan fingerprint density at radius 3 is 2.59 bits per heavy atom. The zero-order valence-electron chi connectivity index (χ0n) is 12.3. The standard InChI is InChI=1S/C17H15NO2S2/c1-11-3-5-13(6-4-11)16-18-14(10-22-16)9-20-17(19)15-12(2)7-8-21-15/h3-8,10H,9H2,1-2H3. The number of hydrogen-bond donors (Lipinski definition) is 0. The maximum atomic E-state index is 12.0. The van der Waals surface area contributed by atoms with Crippen molar-refractivity contribution in [3.63, 3.8) is 0 Å². The minimum atomic E-state index is -0.280.